The third-order valence-corrected chi connectivity index (χ3v) is 5.93. The number of nitrogens with zero attached hydrogens (tertiary/aromatic N) is 5. The standard InChI is InChI=1S/C22H17Cl2FN6OS/c1-12-9-13(2)27-22(26-12)33-11-19-20(21(32)28-15-5-8-18(25)17(24)10-15)29-30-31(19)16-6-3-14(23)4-7-16/h3-10H,11H2,1-2H3,(H,28,32). The van der Waals surface area contributed by atoms with Crippen LogP contribution in [0.5, 0.6) is 0 Å². The molecule has 0 saturated heterocycles. The van der Waals surface area contributed by atoms with Crippen molar-refractivity contribution in [2.45, 2.75) is 24.8 Å². The second-order valence-electron chi connectivity index (χ2n) is 7.08. The zero-order valence-electron chi connectivity index (χ0n) is 17.5. The molecule has 0 aliphatic rings. The lowest BCUT2D eigenvalue weighted by Gasteiger charge is -2.09. The van der Waals surface area contributed by atoms with Crippen molar-refractivity contribution in [2.24, 2.45) is 0 Å². The lowest BCUT2D eigenvalue weighted by atomic mass is 10.2. The van der Waals surface area contributed by atoms with E-state index in [1.165, 1.54) is 30.0 Å². The highest BCUT2D eigenvalue weighted by molar-refractivity contribution is 7.98. The van der Waals surface area contributed by atoms with Crippen molar-refractivity contribution in [1.29, 1.82) is 0 Å². The van der Waals surface area contributed by atoms with Crippen LogP contribution in [0.25, 0.3) is 5.69 Å². The smallest absolute Gasteiger partial charge is 0.278 e. The number of nitrogens with one attached hydrogen (secondary N) is 1. The Labute approximate surface area is 203 Å². The maximum absolute atomic E-state index is 13.5. The van der Waals surface area contributed by atoms with E-state index in [9.17, 15) is 9.18 Å². The van der Waals surface area contributed by atoms with Crippen molar-refractivity contribution in [3.8, 4) is 5.69 Å². The van der Waals surface area contributed by atoms with Gasteiger partial charge in [-0.3, -0.25) is 4.79 Å². The molecular weight excluding hydrogens is 486 g/mol. The fourth-order valence-corrected chi connectivity index (χ4v) is 4.30. The van der Waals surface area contributed by atoms with Crippen LogP contribution in [0.2, 0.25) is 10.0 Å². The van der Waals surface area contributed by atoms with Crippen molar-refractivity contribution in [2.75, 3.05) is 5.32 Å². The maximum Gasteiger partial charge on any atom is 0.278 e. The molecule has 0 atom stereocenters. The van der Waals surface area contributed by atoms with Gasteiger partial charge in [-0.05, 0) is 62.4 Å². The Morgan fingerprint density at radius 1 is 1.06 bits per heavy atom. The Hall–Kier alpha value is -3.01. The first-order valence-corrected chi connectivity index (χ1v) is 11.5. The Morgan fingerprint density at radius 3 is 2.42 bits per heavy atom. The lowest BCUT2D eigenvalue weighted by Crippen LogP contribution is -2.15. The van der Waals surface area contributed by atoms with Gasteiger partial charge in [-0.25, -0.2) is 19.0 Å². The minimum atomic E-state index is -0.575. The normalized spacial score (nSPS) is 10.9. The number of anilines is 1. The first-order valence-electron chi connectivity index (χ1n) is 9.72. The van der Waals surface area contributed by atoms with Gasteiger partial charge in [-0.1, -0.05) is 40.2 Å². The zero-order valence-corrected chi connectivity index (χ0v) is 19.8. The van der Waals surface area contributed by atoms with Gasteiger partial charge in [0.1, 0.15) is 5.82 Å². The van der Waals surface area contributed by atoms with Crippen LogP contribution in [0.15, 0.2) is 53.7 Å². The number of amides is 1. The van der Waals surface area contributed by atoms with E-state index in [-0.39, 0.29) is 10.7 Å². The molecule has 0 unspecified atom stereocenters. The second kappa shape index (κ2) is 9.86. The van der Waals surface area contributed by atoms with Crippen LogP contribution < -0.4 is 5.32 Å². The Bertz CT molecular complexity index is 1310. The molecule has 2 aromatic heterocycles. The molecule has 2 heterocycles. The van der Waals surface area contributed by atoms with Gasteiger partial charge in [-0.2, -0.15) is 0 Å². The van der Waals surface area contributed by atoms with E-state index in [1.54, 1.807) is 28.9 Å². The number of benzene rings is 2. The second-order valence-corrected chi connectivity index (χ2v) is 8.86. The molecule has 0 aliphatic carbocycles. The van der Waals surface area contributed by atoms with E-state index in [0.717, 1.165) is 11.4 Å². The number of aryl methyl sites for hydroxylation is 2. The third-order valence-electron chi connectivity index (χ3n) is 4.53. The summed E-state index contributed by atoms with van der Waals surface area (Å²) in [7, 11) is 0. The molecule has 2 aromatic carbocycles. The van der Waals surface area contributed by atoms with E-state index in [0.29, 0.717) is 33.0 Å². The fourth-order valence-electron chi connectivity index (χ4n) is 3.05. The van der Waals surface area contributed by atoms with Gasteiger partial charge in [0.05, 0.1) is 16.4 Å². The van der Waals surface area contributed by atoms with E-state index in [1.807, 2.05) is 19.9 Å². The number of rotatable bonds is 6. The first-order chi connectivity index (χ1) is 15.8. The molecule has 0 radical (unpaired) electrons. The number of carbonyl (C=O) groups excluding carboxylic acids is 1. The number of hydrogen-bond acceptors (Lipinski definition) is 6. The van der Waals surface area contributed by atoms with Gasteiger partial charge in [-0.15, -0.1) is 5.10 Å². The average Bonchev–Trinajstić information content (AvgIpc) is 3.19. The predicted molar refractivity (Wildman–Crippen MR) is 127 cm³/mol. The molecule has 4 aromatic rings. The Balaban J connectivity index is 1.67. The summed E-state index contributed by atoms with van der Waals surface area (Å²) < 4.78 is 15.0. The summed E-state index contributed by atoms with van der Waals surface area (Å²) in [5.41, 5.74) is 3.37. The van der Waals surface area contributed by atoms with Crippen LogP contribution >= 0.6 is 35.0 Å². The minimum absolute atomic E-state index is 0.0969. The summed E-state index contributed by atoms with van der Waals surface area (Å²) >= 11 is 13.2. The number of halogens is 3. The molecule has 168 valence electrons. The molecule has 0 spiro atoms. The molecule has 0 fully saturated rings. The Morgan fingerprint density at radius 2 is 1.76 bits per heavy atom. The van der Waals surface area contributed by atoms with Crippen LogP contribution in [-0.2, 0) is 5.75 Å². The van der Waals surface area contributed by atoms with Crippen LogP contribution in [0, 0.1) is 19.7 Å². The predicted octanol–water partition coefficient (Wildman–Crippen LogP) is 5.66. The highest BCUT2D eigenvalue weighted by Crippen LogP contribution is 2.25. The monoisotopic (exact) mass is 502 g/mol. The number of hydrogen-bond donors (Lipinski definition) is 1. The van der Waals surface area contributed by atoms with Crippen molar-refractivity contribution >= 4 is 46.6 Å². The van der Waals surface area contributed by atoms with Crippen molar-refractivity contribution < 1.29 is 9.18 Å². The Kier molecular flexibility index (Phi) is 6.92. The summed E-state index contributed by atoms with van der Waals surface area (Å²) in [5, 5.41) is 12.0. The molecule has 0 saturated carbocycles. The van der Waals surface area contributed by atoms with Crippen LogP contribution in [0.3, 0.4) is 0 Å². The molecule has 11 heteroatoms. The number of thioether (sulfide) groups is 1. The number of carbonyl (C=O) groups is 1. The lowest BCUT2D eigenvalue weighted by molar-refractivity contribution is 0.102. The van der Waals surface area contributed by atoms with E-state index in [2.05, 4.69) is 25.6 Å². The largest absolute Gasteiger partial charge is 0.320 e. The van der Waals surface area contributed by atoms with Gasteiger partial charge >= 0.3 is 0 Å². The van der Waals surface area contributed by atoms with Crippen molar-refractivity contribution in [3.05, 3.63) is 87.2 Å². The first kappa shape index (κ1) is 23.2. The highest BCUT2D eigenvalue weighted by Gasteiger charge is 2.22. The number of aromatic nitrogens is 5. The fraction of sp³-hybridized carbons (Fsp3) is 0.136. The summed E-state index contributed by atoms with van der Waals surface area (Å²) in [6, 6.07) is 12.8. The highest BCUT2D eigenvalue weighted by atomic mass is 35.5. The molecular formula is C22H17Cl2FN6OS. The van der Waals surface area contributed by atoms with Crippen LogP contribution in [-0.4, -0.2) is 30.9 Å². The van der Waals surface area contributed by atoms with Gasteiger partial charge in [0, 0.05) is 27.9 Å². The zero-order chi connectivity index (χ0) is 23.5. The van der Waals surface area contributed by atoms with E-state index in [4.69, 9.17) is 23.2 Å². The molecule has 1 N–H and O–H groups in total. The average molecular weight is 503 g/mol. The molecule has 0 bridgehead atoms. The summed E-state index contributed by atoms with van der Waals surface area (Å²) in [5.74, 6) is -0.755. The summed E-state index contributed by atoms with van der Waals surface area (Å²) in [4.78, 5) is 21.9. The molecule has 0 aliphatic heterocycles. The van der Waals surface area contributed by atoms with Crippen LogP contribution in [0.4, 0.5) is 10.1 Å². The molecule has 33 heavy (non-hydrogen) atoms. The summed E-state index contributed by atoms with van der Waals surface area (Å²) in [6.45, 7) is 3.79. The van der Waals surface area contributed by atoms with Gasteiger partial charge < -0.3 is 5.32 Å². The van der Waals surface area contributed by atoms with Gasteiger partial charge in [0.25, 0.3) is 5.91 Å². The van der Waals surface area contributed by atoms with Crippen LogP contribution in [0.1, 0.15) is 27.6 Å². The SMILES string of the molecule is Cc1cc(C)nc(SCc2c(C(=O)Nc3ccc(F)c(Cl)c3)nnn2-c2ccc(Cl)cc2)n1. The summed E-state index contributed by atoms with van der Waals surface area (Å²) in [6.07, 6.45) is 0. The maximum atomic E-state index is 13.5. The van der Waals surface area contributed by atoms with E-state index < -0.39 is 11.7 Å². The van der Waals surface area contributed by atoms with Gasteiger partial charge in [0.2, 0.25) is 0 Å². The molecule has 1 amide bonds. The van der Waals surface area contributed by atoms with Gasteiger partial charge in [0.15, 0.2) is 10.9 Å². The molecule has 7 nitrogen and oxygen atoms in total. The third kappa shape index (κ3) is 5.50. The quantitative estimate of drug-likeness (QED) is 0.270. The van der Waals surface area contributed by atoms with Crippen molar-refractivity contribution in [1.82, 2.24) is 25.0 Å². The topological polar surface area (TPSA) is 85.6 Å². The van der Waals surface area contributed by atoms with E-state index >= 15 is 0 Å². The van der Waals surface area contributed by atoms with Crippen molar-refractivity contribution in [3.63, 3.8) is 0 Å². The minimum Gasteiger partial charge on any atom is -0.320 e. The molecule has 4 rings (SSSR count).